The van der Waals surface area contributed by atoms with Crippen molar-refractivity contribution < 1.29 is 4.79 Å². The molecular weight excluding hydrogens is 348 g/mol. The van der Waals surface area contributed by atoms with Crippen molar-refractivity contribution >= 4 is 45.5 Å². The van der Waals surface area contributed by atoms with E-state index >= 15 is 0 Å². The molecule has 2 aromatic heterocycles. The minimum absolute atomic E-state index is 0.183. The Morgan fingerprint density at radius 2 is 2.39 bits per heavy atom. The van der Waals surface area contributed by atoms with Crippen LogP contribution < -0.4 is 5.32 Å². The van der Waals surface area contributed by atoms with Crippen LogP contribution in [0.1, 0.15) is 30.2 Å². The van der Waals surface area contributed by atoms with Crippen LogP contribution in [0.3, 0.4) is 0 Å². The maximum atomic E-state index is 12.4. The van der Waals surface area contributed by atoms with Gasteiger partial charge in [0.25, 0.3) is 0 Å². The summed E-state index contributed by atoms with van der Waals surface area (Å²) in [6, 6.07) is 2.13. The Morgan fingerprint density at radius 3 is 3.26 bits per heavy atom. The van der Waals surface area contributed by atoms with Gasteiger partial charge in [-0.05, 0) is 29.9 Å². The van der Waals surface area contributed by atoms with Crippen LogP contribution in [0.25, 0.3) is 0 Å². The molecule has 0 aliphatic carbocycles. The Bertz CT molecular complexity index is 655. The molecule has 5 nitrogen and oxygen atoms in total. The van der Waals surface area contributed by atoms with E-state index in [1.54, 1.807) is 11.3 Å². The first kappa shape index (κ1) is 16.7. The predicted molar refractivity (Wildman–Crippen MR) is 97.5 cm³/mol. The standard InChI is InChI=1S/C15H20N4OS3/c1-2-3-6-16-14-17-18-15(23-14)22-10-13(20)19-7-4-12-11(9-19)5-8-21-12/h5,8H,2-4,6-7,9-10H2,1H3,(H,16,17). The molecule has 0 spiro atoms. The lowest BCUT2D eigenvalue weighted by Gasteiger charge is -2.26. The van der Waals surface area contributed by atoms with Gasteiger partial charge in [-0.1, -0.05) is 36.4 Å². The summed E-state index contributed by atoms with van der Waals surface area (Å²) in [5, 5.41) is 14.5. The lowest BCUT2D eigenvalue weighted by atomic mass is 10.1. The number of hydrogen-bond acceptors (Lipinski definition) is 7. The number of aromatic nitrogens is 2. The second kappa shape index (κ2) is 8.12. The number of thiophene rings is 1. The second-order valence-electron chi connectivity index (χ2n) is 5.38. The maximum absolute atomic E-state index is 12.4. The van der Waals surface area contributed by atoms with Gasteiger partial charge in [0.1, 0.15) is 0 Å². The first-order chi connectivity index (χ1) is 11.3. The average Bonchev–Trinajstić information content (AvgIpc) is 3.21. The molecule has 0 unspecified atom stereocenters. The molecule has 0 atom stereocenters. The molecule has 1 N–H and O–H groups in total. The topological polar surface area (TPSA) is 58.1 Å². The van der Waals surface area contributed by atoms with Gasteiger partial charge in [-0.15, -0.1) is 21.5 Å². The van der Waals surface area contributed by atoms with Crippen molar-refractivity contribution in [2.75, 3.05) is 24.2 Å². The van der Waals surface area contributed by atoms with Gasteiger partial charge in [-0.3, -0.25) is 4.79 Å². The van der Waals surface area contributed by atoms with Crippen LogP contribution in [0.2, 0.25) is 0 Å². The number of hydrogen-bond donors (Lipinski definition) is 1. The molecular formula is C15H20N4OS3. The van der Waals surface area contributed by atoms with Crippen molar-refractivity contribution in [3.05, 3.63) is 21.9 Å². The van der Waals surface area contributed by atoms with Crippen molar-refractivity contribution in [1.82, 2.24) is 15.1 Å². The van der Waals surface area contributed by atoms with Crippen LogP contribution in [0.15, 0.2) is 15.8 Å². The molecule has 3 rings (SSSR count). The first-order valence-corrected chi connectivity index (χ1v) is 10.5. The molecule has 8 heteroatoms. The SMILES string of the molecule is CCCCNc1nnc(SCC(=O)N2CCc3sccc3C2)s1. The average molecular weight is 369 g/mol. The summed E-state index contributed by atoms with van der Waals surface area (Å²) in [5.41, 5.74) is 1.30. The number of nitrogens with zero attached hydrogens (tertiary/aromatic N) is 3. The lowest BCUT2D eigenvalue weighted by molar-refractivity contribution is -0.129. The van der Waals surface area contributed by atoms with E-state index < -0.39 is 0 Å². The van der Waals surface area contributed by atoms with E-state index in [-0.39, 0.29) is 5.91 Å². The molecule has 1 aliphatic rings. The van der Waals surface area contributed by atoms with E-state index in [1.165, 1.54) is 33.5 Å². The number of thioether (sulfide) groups is 1. The molecule has 3 heterocycles. The molecule has 0 radical (unpaired) electrons. The molecule has 1 aliphatic heterocycles. The predicted octanol–water partition coefficient (Wildman–Crippen LogP) is 3.49. The zero-order valence-corrected chi connectivity index (χ0v) is 15.5. The highest BCUT2D eigenvalue weighted by Crippen LogP contribution is 2.27. The van der Waals surface area contributed by atoms with Crippen LogP contribution in [0, 0.1) is 0 Å². The maximum Gasteiger partial charge on any atom is 0.233 e. The van der Waals surface area contributed by atoms with Gasteiger partial charge in [-0.2, -0.15) is 0 Å². The molecule has 2 aromatic rings. The van der Waals surface area contributed by atoms with Crippen LogP contribution in [-0.2, 0) is 17.8 Å². The van der Waals surface area contributed by atoms with Crippen molar-refractivity contribution in [3.63, 3.8) is 0 Å². The van der Waals surface area contributed by atoms with E-state index in [0.717, 1.165) is 48.4 Å². The lowest BCUT2D eigenvalue weighted by Crippen LogP contribution is -2.36. The molecule has 0 saturated carbocycles. The van der Waals surface area contributed by atoms with E-state index in [2.05, 4.69) is 33.9 Å². The Labute approximate surface area is 148 Å². The highest BCUT2D eigenvalue weighted by molar-refractivity contribution is 8.01. The number of fused-ring (bicyclic) bond motifs is 1. The largest absolute Gasteiger partial charge is 0.360 e. The number of amides is 1. The third kappa shape index (κ3) is 4.45. The summed E-state index contributed by atoms with van der Waals surface area (Å²) in [4.78, 5) is 15.7. The van der Waals surface area contributed by atoms with Crippen LogP contribution in [0.4, 0.5) is 5.13 Å². The normalized spacial score (nSPS) is 13.9. The number of anilines is 1. The molecule has 124 valence electrons. The van der Waals surface area contributed by atoms with E-state index in [9.17, 15) is 4.79 Å². The number of unbranched alkanes of at least 4 members (excludes halogenated alkanes) is 1. The summed E-state index contributed by atoms with van der Waals surface area (Å²) in [6.07, 6.45) is 3.26. The number of nitrogens with one attached hydrogen (secondary N) is 1. The summed E-state index contributed by atoms with van der Waals surface area (Å²) < 4.78 is 0.852. The number of carbonyl (C=O) groups excluding carboxylic acids is 1. The van der Waals surface area contributed by atoms with Gasteiger partial charge in [-0.25, -0.2) is 0 Å². The van der Waals surface area contributed by atoms with E-state index in [0.29, 0.717) is 5.75 Å². The summed E-state index contributed by atoms with van der Waals surface area (Å²) in [5.74, 6) is 0.617. The van der Waals surface area contributed by atoms with Gasteiger partial charge in [0.15, 0.2) is 4.34 Å². The minimum atomic E-state index is 0.183. The fourth-order valence-electron chi connectivity index (χ4n) is 2.39. The summed E-state index contributed by atoms with van der Waals surface area (Å²) >= 11 is 4.80. The quantitative estimate of drug-likeness (QED) is 0.599. The molecule has 0 saturated heterocycles. The van der Waals surface area contributed by atoms with Gasteiger partial charge in [0, 0.05) is 24.5 Å². The zero-order chi connectivity index (χ0) is 16.1. The monoisotopic (exact) mass is 368 g/mol. The minimum Gasteiger partial charge on any atom is -0.360 e. The van der Waals surface area contributed by atoms with Gasteiger partial charge in [0.05, 0.1) is 5.75 Å². The van der Waals surface area contributed by atoms with Crippen LogP contribution >= 0.6 is 34.4 Å². The molecule has 0 fully saturated rings. The fraction of sp³-hybridized carbons (Fsp3) is 0.533. The fourth-order valence-corrected chi connectivity index (χ4v) is 4.96. The number of carbonyl (C=O) groups is 1. The second-order valence-corrected chi connectivity index (χ2v) is 8.58. The van der Waals surface area contributed by atoms with Crippen molar-refractivity contribution in [2.24, 2.45) is 0 Å². The van der Waals surface area contributed by atoms with E-state index in [4.69, 9.17) is 0 Å². The Balaban J connectivity index is 1.46. The Kier molecular flexibility index (Phi) is 5.91. The van der Waals surface area contributed by atoms with Crippen LogP contribution in [-0.4, -0.2) is 39.8 Å². The van der Waals surface area contributed by atoms with Crippen LogP contribution in [0.5, 0.6) is 0 Å². The first-order valence-electron chi connectivity index (χ1n) is 7.79. The smallest absolute Gasteiger partial charge is 0.233 e. The van der Waals surface area contributed by atoms with Crippen molar-refractivity contribution in [1.29, 1.82) is 0 Å². The zero-order valence-electron chi connectivity index (χ0n) is 13.1. The Hall–Kier alpha value is -1.12. The van der Waals surface area contributed by atoms with Gasteiger partial charge >= 0.3 is 0 Å². The molecule has 0 aromatic carbocycles. The van der Waals surface area contributed by atoms with Crippen molar-refractivity contribution in [3.8, 4) is 0 Å². The molecule has 0 bridgehead atoms. The third-order valence-corrected chi connectivity index (χ3v) is 6.71. The third-order valence-electron chi connectivity index (χ3n) is 3.69. The molecule has 23 heavy (non-hydrogen) atoms. The Morgan fingerprint density at radius 1 is 1.48 bits per heavy atom. The van der Waals surface area contributed by atoms with Crippen molar-refractivity contribution in [2.45, 2.75) is 37.1 Å². The van der Waals surface area contributed by atoms with Gasteiger partial charge < -0.3 is 10.2 Å². The summed E-state index contributed by atoms with van der Waals surface area (Å²) in [7, 11) is 0. The van der Waals surface area contributed by atoms with Gasteiger partial charge in [0.2, 0.25) is 11.0 Å². The summed E-state index contributed by atoms with van der Waals surface area (Å²) in [6.45, 7) is 4.66. The molecule has 1 amide bonds. The van der Waals surface area contributed by atoms with E-state index in [1.807, 2.05) is 4.90 Å². The number of rotatable bonds is 7. The highest BCUT2D eigenvalue weighted by Gasteiger charge is 2.21. The highest BCUT2D eigenvalue weighted by atomic mass is 32.2.